The summed E-state index contributed by atoms with van der Waals surface area (Å²) in [7, 11) is 0. The topological polar surface area (TPSA) is 75.4 Å². The highest BCUT2D eigenvalue weighted by Crippen LogP contribution is 2.30. The minimum absolute atomic E-state index is 0.00881. The minimum Gasteiger partial charge on any atom is -0.508 e. The molecule has 0 saturated heterocycles. The van der Waals surface area contributed by atoms with E-state index in [2.05, 4.69) is 5.32 Å². The molecule has 0 heterocycles. The third-order valence-corrected chi connectivity index (χ3v) is 3.01. The fourth-order valence-corrected chi connectivity index (χ4v) is 1.95. The predicted molar refractivity (Wildman–Crippen MR) is 73.2 cm³/mol. The zero-order valence-corrected chi connectivity index (χ0v) is 11.0. The molecule has 0 spiro atoms. The van der Waals surface area contributed by atoms with Crippen LogP contribution >= 0.6 is 0 Å². The Morgan fingerprint density at radius 1 is 1.24 bits per heavy atom. The number of nitrogens with zero attached hydrogens (tertiary/aromatic N) is 1. The quantitative estimate of drug-likeness (QED) is 0.665. The van der Waals surface area contributed by atoms with Gasteiger partial charge >= 0.3 is 5.69 Å². The molecular weight excluding hydrogens is 282 g/mol. The SMILES string of the molecule is CC(Nc1cc([N+](=O)[O-])c(F)cc1F)c1ccccc1O. The zero-order chi connectivity index (χ0) is 15.6. The number of benzene rings is 2. The monoisotopic (exact) mass is 294 g/mol. The molecule has 0 aromatic heterocycles. The second kappa shape index (κ2) is 5.74. The Morgan fingerprint density at radius 3 is 2.52 bits per heavy atom. The Balaban J connectivity index is 2.33. The lowest BCUT2D eigenvalue weighted by atomic mass is 10.1. The highest BCUT2D eigenvalue weighted by Gasteiger charge is 2.20. The van der Waals surface area contributed by atoms with Crippen molar-refractivity contribution >= 4 is 11.4 Å². The van der Waals surface area contributed by atoms with E-state index in [1.54, 1.807) is 25.1 Å². The van der Waals surface area contributed by atoms with E-state index < -0.39 is 28.3 Å². The van der Waals surface area contributed by atoms with E-state index in [1.165, 1.54) is 6.07 Å². The minimum atomic E-state index is -1.24. The number of hydrogen-bond acceptors (Lipinski definition) is 4. The van der Waals surface area contributed by atoms with Gasteiger partial charge in [-0.25, -0.2) is 4.39 Å². The van der Waals surface area contributed by atoms with Crippen LogP contribution in [-0.4, -0.2) is 10.0 Å². The van der Waals surface area contributed by atoms with Crippen LogP contribution < -0.4 is 5.32 Å². The van der Waals surface area contributed by atoms with Crippen molar-refractivity contribution in [1.82, 2.24) is 0 Å². The van der Waals surface area contributed by atoms with E-state index in [0.717, 1.165) is 6.07 Å². The van der Waals surface area contributed by atoms with Crippen molar-refractivity contribution in [2.75, 3.05) is 5.32 Å². The van der Waals surface area contributed by atoms with Gasteiger partial charge in [-0.05, 0) is 13.0 Å². The van der Waals surface area contributed by atoms with Crippen LogP contribution in [0.2, 0.25) is 0 Å². The van der Waals surface area contributed by atoms with Crippen LogP contribution in [-0.2, 0) is 0 Å². The standard InChI is InChI=1S/C14H12F2N2O3/c1-8(9-4-2-3-5-14(9)19)17-12-7-13(18(20)21)11(16)6-10(12)15/h2-8,17,19H,1H3. The van der Waals surface area contributed by atoms with Crippen LogP contribution in [0.15, 0.2) is 36.4 Å². The lowest BCUT2D eigenvalue weighted by Crippen LogP contribution is -2.09. The molecule has 0 bridgehead atoms. The molecule has 7 heteroatoms. The van der Waals surface area contributed by atoms with Crippen LogP contribution in [0.1, 0.15) is 18.5 Å². The van der Waals surface area contributed by atoms with Crippen molar-refractivity contribution in [2.45, 2.75) is 13.0 Å². The first kappa shape index (κ1) is 14.7. The number of aromatic hydroxyl groups is 1. The summed E-state index contributed by atoms with van der Waals surface area (Å²) in [6.07, 6.45) is 0. The molecule has 110 valence electrons. The number of nitro groups is 1. The maximum atomic E-state index is 13.7. The first-order valence-electron chi connectivity index (χ1n) is 6.08. The molecule has 0 amide bonds. The lowest BCUT2D eigenvalue weighted by Gasteiger charge is -2.17. The molecule has 0 fully saturated rings. The van der Waals surface area contributed by atoms with Crippen LogP contribution in [0.3, 0.4) is 0 Å². The first-order valence-corrected chi connectivity index (χ1v) is 6.08. The molecule has 0 radical (unpaired) electrons. The summed E-state index contributed by atoms with van der Waals surface area (Å²) in [6.45, 7) is 1.64. The van der Waals surface area contributed by atoms with Crippen LogP contribution in [0.5, 0.6) is 5.75 Å². The molecule has 2 rings (SSSR count). The van der Waals surface area contributed by atoms with E-state index in [1.807, 2.05) is 0 Å². The number of rotatable bonds is 4. The number of hydrogen-bond donors (Lipinski definition) is 2. The molecule has 2 N–H and O–H groups in total. The van der Waals surface area contributed by atoms with E-state index in [-0.39, 0.29) is 11.4 Å². The Morgan fingerprint density at radius 2 is 1.90 bits per heavy atom. The molecule has 0 aliphatic rings. The van der Waals surface area contributed by atoms with Gasteiger partial charge in [-0.1, -0.05) is 18.2 Å². The Bertz CT molecular complexity index is 692. The molecule has 0 saturated carbocycles. The van der Waals surface area contributed by atoms with Gasteiger partial charge in [0.05, 0.1) is 16.7 Å². The first-order chi connectivity index (χ1) is 9.90. The van der Waals surface area contributed by atoms with Crippen molar-refractivity contribution in [3.8, 4) is 5.75 Å². The zero-order valence-electron chi connectivity index (χ0n) is 11.0. The van der Waals surface area contributed by atoms with Crippen molar-refractivity contribution in [1.29, 1.82) is 0 Å². The number of nitrogens with one attached hydrogen (secondary N) is 1. The van der Waals surface area contributed by atoms with Crippen molar-refractivity contribution in [3.05, 3.63) is 63.7 Å². The molecular formula is C14H12F2N2O3. The summed E-state index contributed by atoms with van der Waals surface area (Å²) < 4.78 is 26.9. The second-order valence-corrected chi connectivity index (χ2v) is 4.47. The highest BCUT2D eigenvalue weighted by molar-refractivity contribution is 5.55. The Hall–Kier alpha value is -2.70. The largest absolute Gasteiger partial charge is 0.508 e. The lowest BCUT2D eigenvalue weighted by molar-refractivity contribution is -0.387. The smallest absolute Gasteiger partial charge is 0.307 e. The number of anilines is 1. The summed E-state index contributed by atoms with van der Waals surface area (Å²) in [5, 5.41) is 23.1. The molecule has 2 aromatic rings. The second-order valence-electron chi connectivity index (χ2n) is 4.47. The van der Waals surface area contributed by atoms with Gasteiger partial charge in [0.25, 0.3) is 0 Å². The number of para-hydroxylation sites is 1. The van der Waals surface area contributed by atoms with Crippen molar-refractivity contribution in [3.63, 3.8) is 0 Å². The number of halogens is 2. The summed E-state index contributed by atoms with van der Waals surface area (Å²) in [5.41, 5.74) is -0.536. The third kappa shape index (κ3) is 3.07. The Kier molecular flexibility index (Phi) is 4.02. The fraction of sp³-hybridized carbons (Fsp3) is 0.143. The highest BCUT2D eigenvalue weighted by atomic mass is 19.1. The predicted octanol–water partition coefficient (Wildman–Crippen LogP) is 3.75. The van der Waals surface area contributed by atoms with Crippen LogP contribution in [0.4, 0.5) is 20.2 Å². The molecule has 0 aliphatic heterocycles. The van der Waals surface area contributed by atoms with E-state index in [4.69, 9.17) is 0 Å². The van der Waals surface area contributed by atoms with Crippen LogP contribution in [0, 0.1) is 21.7 Å². The van der Waals surface area contributed by atoms with Gasteiger partial charge in [-0.2, -0.15) is 4.39 Å². The fourth-order valence-electron chi connectivity index (χ4n) is 1.95. The van der Waals surface area contributed by atoms with E-state index >= 15 is 0 Å². The van der Waals surface area contributed by atoms with Gasteiger partial charge < -0.3 is 10.4 Å². The van der Waals surface area contributed by atoms with Gasteiger partial charge in [-0.3, -0.25) is 10.1 Å². The molecule has 1 unspecified atom stereocenters. The van der Waals surface area contributed by atoms with Gasteiger partial charge in [-0.15, -0.1) is 0 Å². The summed E-state index contributed by atoms with van der Waals surface area (Å²) >= 11 is 0. The molecule has 2 aromatic carbocycles. The molecule has 5 nitrogen and oxygen atoms in total. The van der Waals surface area contributed by atoms with Gasteiger partial charge in [0, 0.05) is 17.7 Å². The Labute approximate surface area is 119 Å². The third-order valence-electron chi connectivity index (χ3n) is 3.01. The van der Waals surface area contributed by atoms with E-state index in [9.17, 15) is 24.0 Å². The summed E-state index contributed by atoms with van der Waals surface area (Å²) in [4.78, 5) is 9.74. The average molecular weight is 294 g/mol. The maximum absolute atomic E-state index is 13.7. The van der Waals surface area contributed by atoms with Gasteiger partial charge in [0.2, 0.25) is 5.82 Å². The van der Waals surface area contributed by atoms with Crippen molar-refractivity contribution < 1.29 is 18.8 Å². The maximum Gasteiger partial charge on any atom is 0.307 e. The van der Waals surface area contributed by atoms with Gasteiger partial charge in [0.15, 0.2) is 0 Å². The normalized spacial score (nSPS) is 12.0. The molecule has 1 atom stereocenters. The number of phenolic OH excluding ortho intramolecular Hbond substituents is 1. The summed E-state index contributed by atoms with van der Waals surface area (Å²) in [6, 6.07) is 7.15. The van der Waals surface area contributed by atoms with E-state index in [0.29, 0.717) is 11.6 Å². The number of phenols is 1. The van der Waals surface area contributed by atoms with Crippen molar-refractivity contribution in [2.24, 2.45) is 0 Å². The molecule has 21 heavy (non-hydrogen) atoms. The van der Waals surface area contributed by atoms with Crippen LogP contribution in [0.25, 0.3) is 0 Å². The van der Waals surface area contributed by atoms with Gasteiger partial charge in [0.1, 0.15) is 11.6 Å². The summed E-state index contributed by atoms with van der Waals surface area (Å²) in [5.74, 6) is -2.17. The molecule has 0 aliphatic carbocycles. The number of nitro benzene ring substituents is 1. The average Bonchev–Trinajstić information content (AvgIpc) is 2.41.